The van der Waals surface area contributed by atoms with E-state index in [-0.39, 0.29) is 12.0 Å². The molecule has 4 nitrogen and oxygen atoms in total. The van der Waals surface area contributed by atoms with Gasteiger partial charge in [0.15, 0.2) is 0 Å². The minimum absolute atomic E-state index is 0.279. The summed E-state index contributed by atoms with van der Waals surface area (Å²) >= 11 is 0. The molecule has 1 fully saturated rings. The summed E-state index contributed by atoms with van der Waals surface area (Å²) in [6, 6.07) is -0.307. The van der Waals surface area contributed by atoms with Crippen LogP contribution in [0.5, 0.6) is 0 Å². The Balaban J connectivity index is 2.59. The fraction of sp³-hybridized carbons (Fsp3) is 0.667. The normalized spacial score (nSPS) is 28.8. The van der Waals surface area contributed by atoms with Gasteiger partial charge in [0.05, 0.1) is 13.2 Å². The molecule has 1 rings (SSSR count). The van der Waals surface area contributed by atoms with E-state index < -0.39 is 6.10 Å². The SMILES string of the molecule is C=CCN1CC(O)CC1C(=O)OC. The van der Waals surface area contributed by atoms with Gasteiger partial charge in [0, 0.05) is 19.5 Å². The summed E-state index contributed by atoms with van der Waals surface area (Å²) in [5.41, 5.74) is 0. The van der Waals surface area contributed by atoms with Gasteiger partial charge in [-0.15, -0.1) is 6.58 Å². The average Bonchev–Trinajstić information content (AvgIpc) is 2.46. The lowest BCUT2D eigenvalue weighted by molar-refractivity contribution is -0.145. The number of methoxy groups -OCH3 is 1. The number of aliphatic hydroxyl groups is 1. The van der Waals surface area contributed by atoms with Crippen molar-refractivity contribution in [1.82, 2.24) is 4.90 Å². The maximum absolute atomic E-state index is 11.2. The van der Waals surface area contributed by atoms with Crippen LogP contribution in [0.15, 0.2) is 12.7 Å². The van der Waals surface area contributed by atoms with E-state index in [1.165, 1.54) is 7.11 Å². The van der Waals surface area contributed by atoms with E-state index in [0.29, 0.717) is 19.5 Å². The Morgan fingerprint density at radius 2 is 2.54 bits per heavy atom. The molecule has 2 unspecified atom stereocenters. The monoisotopic (exact) mass is 185 g/mol. The minimum Gasteiger partial charge on any atom is -0.468 e. The van der Waals surface area contributed by atoms with Crippen molar-refractivity contribution in [2.45, 2.75) is 18.6 Å². The van der Waals surface area contributed by atoms with Crippen molar-refractivity contribution in [2.24, 2.45) is 0 Å². The third-order valence-corrected chi connectivity index (χ3v) is 2.22. The third kappa shape index (κ3) is 2.29. The largest absolute Gasteiger partial charge is 0.468 e. The van der Waals surface area contributed by atoms with E-state index in [2.05, 4.69) is 11.3 Å². The summed E-state index contributed by atoms with van der Waals surface area (Å²) in [7, 11) is 1.36. The van der Waals surface area contributed by atoms with E-state index in [4.69, 9.17) is 0 Å². The maximum atomic E-state index is 11.2. The first-order chi connectivity index (χ1) is 6.19. The van der Waals surface area contributed by atoms with Gasteiger partial charge in [-0.1, -0.05) is 6.08 Å². The van der Waals surface area contributed by atoms with E-state index >= 15 is 0 Å². The fourth-order valence-electron chi connectivity index (χ4n) is 1.63. The molecule has 1 heterocycles. The highest BCUT2D eigenvalue weighted by molar-refractivity contribution is 5.76. The van der Waals surface area contributed by atoms with Gasteiger partial charge in [0.1, 0.15) is 6.04 Å². The molecule has 0 amide bonds. The van der Waals surface area contributed by atoms with Crippen molar-refractivity contribution in [3.63, 3.8) is 0 Å². The number of likely N-dealkylation sites (tertiary alicyclic amines) is 1. The van der Waals surface area contributed by atoms with Crippen LogP contribution in [0.2, 0.25) is 0 Å². The van der Waals surface area contributed by atoms with E-state index in [1.54, 1.807) is 6.08 Å². The van der Waals surface area contributed by atoms with Gasteiger partial charge < -0.3 is 9.84 Å². The van der Waals surface area contributed by atoms with E-state index in [9.17, 15) is 9.90 Å². The first kappa shape index (κ1) is 10.2. The summed E-state index contributed by atoms with van der Waals surface area (Å²) < 4.78 is 4.63. The number of ether oxygens (including phenoxy) is 1. The fourth-order valence-corrected chi connectivity index (χ4v) is 1.63. The molecule has 1 aliphatic rings. The Morgan fingerprint density at radius 3 is 3.08 bits per heavy atom. The zero-order valence-electron chi connectivity index (χ0n) is 7.77. The second-order valence-electron chi connectivity index (χ2n) is 3.17. The lowest BCUT2D eigenvalue weighted by Crippen LogP contribution is -2.36. The highest BCUT2D eigenvalue weighted by Gasteiger charge is 2.35. The van der Waals surface area contributed by atoms with Gasteiger partial charge in [-0.25, -0.2) is 0 Å². The number of esters is 1. The molecule has 0 radical (unpaired) electrons. The van der Waals surface area contributed by atoms with Crippen molar-refractivity contribution in [3.8, 4) is 0 Å². The maximum Gasteiger partial charge on any atom is 0.323 e. The predicted octanol–water partition coefficient (Wildman–Crippen LogP) is -0.219. The van der Waals surface area contributed by atoms with Gasteiger partial charge >= 0.3 is 5.97 Å². The van der Waals surface area contributed by atoms with Crippen molar-refractivity contribution < 1.29 is 14.6 Å². The number of aliphatic hydroxyl groups excluding tert-OH is 1. The number of rotatable bonds is 3. The zero-order chi connectivity index (χ0) is 9.84. The molecule has 4 heteroatoms. The van der Waals surface area contributed by atoms with Gasteiger partial charge in [-0.3, -0.25) is 9.69 Å². The predicted molar refractivity (Wildman–Crippen MR) is 48.2 cm³/mol. The number of hydrogen-bond acceptors (Lipinski definition) is 4. The Bertz CT molecular complexity index is 205. The van der Waals surface area contributed by atoms with E-state index in [1.807, 2.05) is 4.90 Å². The van der Waals surface area contributed by atoms with Crippen LogP contribution >= 0.6 is 0 Å². The molecule has 0 bridgehead atoms. The van der Waals surface area contributed by atoms with Crippen LogP contribution < -0.4 is 0 Å². The highest BCUT2D eigenvalue weighted by Crippen LogP contribution is 2.18. The number of carbonyl (C=O) groups is 1. The molecule has 1 N–H and O–H groups in total. The van der Waals surface area contributed by atoms with Crippen molar-refractivity contribution >= 4 is 5.97 Å². The van der Waals surface area contributed by atoms with Gasteiger partial charge in [0.2, 0.25) is 0 Å². The lowest BCUT2D eigenvalue weighted by Gasteiger charge is -2.19. The second-order valence-corrected chi connectivity index (χ2v) is 3.17. The average molecular weight is 185 g/mol. The molecule has 2 atom stereocenters. The molecule has 0 aromatic rings. The van der Waals surface area contributed by atoms with Gasteiger partial charge in [-0.2, -0.15) is 0 Å². The molecular formula is C9H15NO3. The lowest BCUT2D eigenvalue weighted by atomic mass is 10.2. The van der Waals surface area contributed by atoms with Crippen molar-refractivity contribution in [1.29, 1.82) is 0 Å². The molecule has 74 valence electrons. The first-order valence-corrected chi connectivity index (χ1v) is 4.30. The van der Waals surface area contributed by atoms with Gasteiger partial charge in [-0.05, 0) is 0 Å². The van der Waals surface area contributed by atoms with Crippen LogP contribution in [0.4, 0.5) is 0 Å². The van der Waals surface area contributed by atoms with Crippen LogP contribution in [-0.2, 0) is 9.53 Å². The first-order valence-electron chi connectivity index (χ1n) is 4.30. The topological polar surface area (TPSA) is 49.8 Å². The summed E-state index contributed by atoms with van der Waals surface area (Å²) in [5, 5.41) is 9.36. The summed E-state index contributed by atoms with van der Waals surface area (Å²) in [4.78, 5) is 13.1. The zero-order valence-corrected chi connectivity index (χ0v) is 7.77. The molecular weight excluding hydrogens is 170 g/mol. The quantitative estimate of drug-likeness (QED) is 0.488. The molecule has 0 aromatic heterocycles. The standard InChI is InChI=1S/C9H15NO3/c1-3-4-10-6-7(11)5-8(10)9(12)13-2/h3,7-8,11H,1,4-6H2,2H3. The summed E-state index contributed by atoms with van der Waals surface area (Å²) in [5.74, 6) is -0.279. The Labute approximate surface area is 77.8 Å². The number of nitrogens with zero attached hydrogens (tertiary/aromatic N) is 1. The number of carbonyl (C=O) groups excluding carboxylic acids is 1. The van der Waals surface area contributed by atoms with E-state index in [0.717, 1.165) is 0 Å². The highest BCUT2D eigenvalue weighted by atomic mass is 16.5. The smallest absolute Gasteiger partial charge is 0.323 e. The molecule has 1 saturated heterocycles. The third-order valence-electron chi connectivity index (χ3n) is 2.22. The molecule has 0 aliphatic carbocycles. The van der Waals surface area contributed by atoms with Crippen LogP contribution in [0.25, 0.3) is 0 Å². The molecule has 0 aromatic carbocycles. The molecule has 13 heavy (non-hydrogen) atoms. The number of hydrogen-bond donors (Lipinski definition) is 1. The molecule has 0 saturated carbocycles. The number of β-amino-alcohol motifs (C(OH)–C–C–N with tert-alkyl or cyclic N) is 1. The minimum atomic E-state index is -0.427. The van der Waals surface area contributed by atoms with Crippen LogP contribution in [0.1, 0.15) is 6.42 Å². The van der Waals surface area contributed by atoms with Crippen molar-refractivity contribution in [3.05, 3.63) is 12.7 Å². The summed E-state index contributed by atoms with van der Waals surface area (Å²) in [6.07, 6.45) is 1.75. The Hall–Kier alpha value is -0.870. The molecule has 0 spiro atoms. The van der Waals surface area contributed by atoms with Crippen LogP contribution in [0, 0.1) is 0 Å². The van der Waals surface area contributed by atoms with Crippen LogP contribution in [0.3, 0.4) is 0 Å². The molecule has 1 aliphatic heterocycles. The van der Waals surface area contributed by atoms with Gasteiger partial charge in [0.25, 0.3) is 0 Å². The van der Waals surface area contributed by atoms with Crippen LogP contribution in [-0.4, -0.2) is 48.3 Å². The Morgan fingerprint density at radius 1 is 1.85 bits per heavy atom. The second kappa shape index (κ2) is 4.39. The summed E-state index contributed by atoms with van der Waals surface area (Å²) in [6.45, 7) is 4.72. The Kier molecular flexibility index (Phi) is 3.45. The van der Waals surface area contributed by atoms with Crippen molar-refractivity contribution in [2.75, 3.05) is 20.2 Å².